The van der Waals surface area contributed by atoms with E-state index in [4.69, 9.17) is 0 Å². The van der Waals surface area contributed by atoms with Crippen molar-refractivity contribution >= 4 is 11.8 Å². The molecule has 0 radical (unpaired) electrons. The molecule has 0 fully saturated rings. The lowest BCUT2D eigenvalue weighted by Crippen LogP contribution is -2.38. The minimum atomic E-state index is -0.346. The van der Waals surface area contributed by atoms with Crippen molar-refractivity contribution in [2.75, 3.05) is 28.2 Å². The van der Waals surface area contributed by atoms with E-state index in [0.717, 1.165) is 11.1 Å². The van der Waals surface area contributed by atoms with Crippen LogP contribution in [0.3, 0.4) is 0 Å². The van der Waals surface area contributed by atoms with Gasteiger partial charge in [-0.1, -0.05) is 24.3 Å². The molecule has 2 amide bonds. The summed E-state index contributed by atoms with van der Waals surface area (Å²) in [7, 11) is 6.95. The van der Waals surface area contributed by atoms with Crippen LogP contribution >= 0.6 is 0 Å². The first kappa shape index (κ1) is 13.6. The molecule has 102 valence electrons. The zero-order valence-corrected chi connectivity index (χ0v) is 11.9. The number of hydrogen-bond donors (Lipinski definition) is 0. The van der Waals surface area contributed by atoms with Crippen LogP contribution in [0.1, 0.15) is 17.0 Å². The lowest BCUT2D eigenvalue weighted by Gasteiger charge is -2.24. The first-order valence-corrected chi connectivity index (χ1v) is 6.43. The zero-order chi connectivity index (χ0) is 14.2. The third kappa shape index (κ3) is 2.35. The average molecular weight is 260 g/mol. The van der Waals surface area contributed by atoms with Gasteiger partial charge in [0.2, 0.25) is 11.8 Å². The first-order valence-electron chi connectivity index (χ1n) is 6.43. The number of nitrogens with zero attached hydrogens (tertiary/aromatic N) is 2. The lowest BCUT2D eigenvalue weighted by molar-refractivity contribution is -0.139. The second kappa shape index (κ2) is 5.03. The molecule has 0 spiro atoms. The number of carbonyl (C=O) groups is 2. The highest BCUT2D eigenvalue weighted by Gasteiger charge is 2.42. The van der Waals surface area contributed by atoms with E-state index in [-0.39, 0.29) is 23.7 Å². The fraction of sp³-hybridized carbons (Fsp3) is 0.467. The fourth-order valence-electron chi connectivity index (χ4n) is 2.74. The molecule has 0 saturated carbocycles. The molecule has 1 aromatic carbocycles. The Kier molecular flexibility index (Phi) is 3.60. The Morgan fingerprint density at radius 3 is 2.16 bits per heavy atom. The molecule has 1 aliphatic rings. The van der Waals surface area contributed by atoms with Crippen molar-refractivity contribution in [2.24, 2.45) is 5.92 Å². The molecule has 2 atom stereocenters. The van der Waals surface area contributed by atoms with Gasteiger partial charge in [-0.25, -0.2) is 0 Å². The molecular formula is C15H20N2O2. The van der Waals surface area contributed by atoms with E-state index in [1.165, 1.54) is 0 Å². The second-order valence-electron chi connectivity index (χ2n) is 5.45. The van der Waals surface area contributed by atoms with Crippen molar-refractivity contribution < 1.29 is 9.59 Å². The molecule has 4 heteroatoms. The summed E-state index contributed by atoms with van der Waals surface area (Å²) < 4.78 is 0. The third-order valence-corrected chi connectivity index (χ3v) is 3.70. The molecule has 0 aromatic heterocycles. The monoisotopic (exact) mass is 260 g/mol. The molecule has 0 saturated heterocycles. The van der Waals surface area contributed by atoms with E-state index in [2.05, 4.69) is 0 Å². The minimum Gasteiger partial charge on any atom is -0.349 e. The fourth-order valence-corrected chi connectivity index (χ4v) is 2.74. The zero-order valence-electron chi connectivity index (χ0n) is 11.9. The Morgan fingerprint density at radius 1 is 1.00 bits per heavy atom. The number of hydrogen-bond acceptors (Lipinski definition) is 2. The van der Waals surface area contributed by atoms with Crippen LogP contribution in [0, 0.1) is 5.92 Å². The maximum absolute atomic E-state index is 12.4. The normalized spacial score (nSPS) is 20.8. The smallest absolute Gasteiger partial charge is 0.230 e. The number of likely N-dealkylation sites (N-methyl/N-ethyl adjacent to an activating group) is 1. The molecular weight excluding hydrogens is 240 g/mol. The quantitative estimate of drug-likeness (QED) is 0.799. The highest BCUT2D eigenvalue weighted by Crippen LogP contribution is 2.39. The molecule has 0 aliphatic heterocycles. The van der Waals surface area contributed by atoms with Crippen LogP contribution in [0.5, 0.6) is 0 Å². The van der Waals surface area contributed by atoms with E-state index >= 15 is 0 Å². The van der Waals surface area contributed by atoms with Gasteiger partial charge in [-0.15, -0.1) is 0 Å². The van der Waals surface area contributed by atoms with Gasteiger partial charge in [0.25, 0.3) is 0 Å². The van der Waals surface area contributed by atoms with Crippen molar-refractivity contribution in [2.45, 2.75) is 12.3 Å². The van der Waals surface area contributed by atoms with Gasteiger partial charge >= 0.3 is 0 Å². The van der Waals surface area contributed by atoms with E-state index < -0.39 is 0 Å². The molecule has 0 N–H and O–H groups in total. The Labute approximate surface area is 114 Å². The van der Waals surface area contributed by atoms with Crippen molar-refractivity contribution in [3.63, 3.8) is 0 Å². The maximum Gasteiger partial charge on any atom is 0.230 e. The van der Waals surface area contributed by atoms with Crippen molar-refractivity contribution in [3.05, 3.63) is 35.4 Å². The van der Waals surface area contributed by atoms with Gasteiger partial charge in [0.05, 0.1) is 11.8 Å². The minimum absolute atomic E-state index is 0.00477. The Morgan fingerprint density at radius 2 is 1.58 bits per heavy atom. The standard InChI is InChI=1S/C15H20N2O2/c1-16(2)14(18)12-9-10-7-5-6-8-11(10)13(12)15(19)17(3)4/h5-8,12-13H,9H2,1-4H3/t12-,13-/m1/s1. The van der Waals surface area contributed by atoms with Gasteiger partial charge in [0.15, 0.2) is 0 Å². The number of fused-ring (bicyclic) bond motifs is 1. The van der Waals surface area contributed by atoms with Crippen LogP contribution in [0.25, 0.3) is 0 Å². The van der Waals surface area contributed by atoms with E-state index in [9.17, 15) is 9.59 Å². The summed E-state index contributed by atoms with van der Waals surface area (Å²) in [6.45, 7) is 0. The molecule has 1 aliphatic carbocycles. The van der Waals surface area contributed by atoms with Crippen LogP contribution in [-0.2, 0) is 16.0 Å². The Bertz CT molecular complexity index is 509. The van der Waals surface area contributed by atoms with Crippen LogP contribution < -0.4 is 0 Å². The molecule has 2 rings (SSSR count). The SMILES string of the molecule is CN(C)C(=O)[C@@H]1c2ccccc2C[C@H]1C(=O)N(C)C. The summed E-state index contributed by atoms with van der Waals surface area (Å²) in [4.78, 5) is 27.9. The number of benzene rings is 1. The summed E-state index contributed by atoms with van der Waals surface area (Å²) in [5.41, 5.74) is 2.12. The van der Waals surface area contributed by atoms with E-state index in [1.807, 2.05) is 24.3 Å². The summed E-state index contributed by atoms with van der Waals surface area (Å²) in [5, 5.41) is 0. The molecule has 0 unspecified atom stereocenters. The molecule has 4 nitrogen and oxygen atoms in total. The van der Waals surface area contributed by atoms with Crippen LogP contribution in [-0.4, -0.2) is 49.8 Å². The predicted octanol–water partition coefficient (Wildman–Crippen LogP) is 1.12. The highest BCUT2D eigenvalue weighted by atomic mass is 16.2. The largest absolute Gasteiger partial charge is 0.349 e. The van der Waals surface area contributed by atoms with Crippen LogP contribution in [0.15, 0.2) is 24.3 Å². The van der Waals surface area contributed by atoms with Crippen LogP contribution in [0.4, 0.5) is 0 Å². The number of carbonyl (C=O) groups excluding carboxylic acids is 2. The Balaban J connectivity index is 2.42. The number of rotatable bonds is 2. The lowest BCUT2D eigenvalue weighted by atomic mass is 9.90. The van der Waals surface area contributed by atoms with Gasteiger partial charge in [0, 0.05) is 28.2 Å². The van der Waals surface area contributed by atoms with Crippen molar-refractivity contribution in [3.8, 4) is 0 Å². The van der Waals surface area contributed by atoms with Gasteiger partial charge < -0.3 is 9.80 Å². The van der Waals surface area contributed by atoms with Crippen molar-refractivity contribution in [1.29, 1.82) is 0 Å². The second-order valence-corrected chi connectivity index (χ2v) is 5.45. The third-order valence-electron chi connectivity index (χ3n) is 3.70. The highest BCUT2D eigenvalue weighted by molar-refractivity contribution is 5.93. The van der Waals surface area contributed by atoms with Gasteiger partial charge in [0.1, 0.15) is 0 Å². The topological polar surface area (TPSA) is 40.6 Å². The predicted molar refractivity (Wildman–Crippen MR) is 73.8 cm³/mol. The maximum atomic E-state index is 12.4. The average Bonchev–Trinajstić information content (AvgIpc) is 2.75. The molecule has 19 heavy (non-hydrogen) atoms. The number of amides is 2. The van der Waals surface area contributed by atoms with Crippen LogP contribution in [0.2, 0.25) is 0 Å². The van der Waals surface area contributed by atoms with Gasteiger partial charge in [-0.2, -0.15) is 0 Å². The van der Waals surface area contributed by atoms with E-state index in [0.29, 0.717) is 6.42 Å². The van der Waals surface area contributed by atoms with E-state index in [1.54, 1.807) is 38.0 Å². The van der Waals surface area contributed by atoms with Crippen molar-refractivity contribution in [1.82, 2.24) is 9.80 Å². The first-order chi connectivity index (χ1) is 8.93. The summed E-state index contributed by atoms with van der Waals surface area (Å²) in [5.74, 6) is -0.593. The van der Waals surface area contributed by atoms with Gasteiger partial charge in [-0.3, -0.25) is 9.59 Å². The molecule has 0 bridgehead atoms. The summed E-state index contributed by atoms with van der Waals surface area (Å²) in [6.07, 6.45) is 0.650. The Hall–Kier alpha value is -1.84. The van der Waals surface area contributed by atoms with Gasteiger partial charge in [-0.05, 0) is 17.5 Å². The summed E-state index contributed by atoms with van der Waals surface area (Å²) in [6, 6.07) is 7.86. The molecule has 0 heterocycles. The molecule has 1 aromatic rings. The summed E-state index contributed by atoms with van der Waals surface area (Å²) >= 11 is 0.